The molecule has 0 aromatic heterocycles. The molecule has 11 nitrogen and oxygen atoms in total. The highest BCUT2D eigenvalue weighted by Crippen LogP contribution is 2.33. The lowest BCUT2D eigenvalue weighted by atomic mass is 9.94. The van der Waals surface area contributed by atoms with Crippen LogP contribution in [0.5, 0.6) is 5.75 Å². The zero-order valence-corrected chi connectivity index (χ0v) is 25.0. The summed E-state index contributed by atoms with van der Waals surface area (Å²) in [5.41, 5.74) is 1.94. The first-order valence-electron chi connectivity index (χ1n) is 14.2. The van der Waals surface area contributed by atoms with Gasteiger partial charge in [0.25, 0.3) is 0 Å². The van der Waals surface area contributed by atoms with Gasteiger partial charge < -0.3 is 44.9 Å². The molecule has 2 aromatic rings. The van der Waals surface area contributed by atoms with Crippen molar-refractivity contribution in [3.05, 3.63) is 64.2 Å². The second-order valence-electron chi connectivity index (χ2n) is 10.3. The van der Waals surface area contributed by atoms with Crippen LogP contribution in [-0.2, 0) is 14.2 Å². The Morgan fingerprint density at radius 2 is 1.98 bits per heavy atom. The van der Waals surface area contributed by atoms with Gasteiger partial charge in [-0.2, -0.15) is 0 Å². The Morgan fingerprint density at radius 3 is 2.67 bits per heavy atom. The molecule has 3 unspecified atom stereocenters. The standard InChI is InChI=1S/C30H44ClN3O8/c1-32-25(11-20-5-4-9-40-18-20)16-34-29(37)23-12-22(14-27(15-23)42-19-26(36)17-35)28(21-6-3-7-24(31)13-21)41-10-8-33-30(38)39-2/h3,6-7,12-15,20,25-26,28-29,32,34-37H,4-5,8-11,16-19H2,1-2H3,(H,33,38)/t20-,25?,26-,28?,29?/m1/s1. The van der Waals surface area contributed by atoms with Crippen molar-refractivity contribution in [2.45, 2.75) is 43.7 Å². The van der Waals surface area contributed by atoms with Gasteiger partial charge in [-0.05, 0) is 79.3 Å². The Labute approximate surface area is 252 Å². The second-order valence-corrected chi connectivity index (χ2v) is 10.8. The summed E-state index contributed by atoms with van der Waals surface area (Å²) < 4.78 is 22.2. The van der Waals surface area contributed by atoms with E-state index in [0.29, 0.717) is 34.4 Å². The van der Waals surface area contributed by atoms with Crippen LogP contribution in [0, 0.1) is 5.92 Å². The van der Waals surface area contributed by atoms with Gasteiger partial charge in [-0.15, -0.1) is 0 Å². The third-order valence-corrected chi connectivity index (χ3v) is 7.29. The lowest BCUT2D eigenvalue weighted by Gasteiger charge is -2.28. The first-order valence-corrected chi connectivity index (χ1v) is 14.6. The van der Waals surface area contributed by atoms with Gasteiger partial charge in [0.1, 0.15) is 30.8 Å². The van der Waals surface area contributed by atoms with E-state index in [2.05, 4.69) is 20.7 Å². The maximum absolute atomic E-state index is 11.5. The van der Waals surface area contributed by atoms with E-state index >= 15 is 0 Å². The second kappa shape index (κ2) is 18.2. The van der Waals surface area contributed by atoms with Gasteiger partial charge in [0.2, 0.25) is 0 Å². The summed E-state index contributed by atoms with van der Waals surface area (Å²) >= 11 is 6.30. The molecule has 0 bridgehead atoms. The van der Waals surface area contributed by atoms with Crippen molar-refractivity contribution in [3.63, 3.8) is 0 Å². The first kappa shape index (κ1) is 34.0. The molecule has 12 heteroatoms. The van der Waals surface area contributed by atoms with E-state index in [0.717, 1.165) is 38.0 Å². The number of carbonyl (C=O) groups excluding carboxylic acids is 1. The largest absolute Gasteiger partial charge is 0.491 e. The molecule has 1 aliphatic heterocycles. The summed E-state index contributed by atoms with van der Waals surface area (Å²) in [5, 5.41) is 40.0. The summed E-state index contributed by atoms with van der Waals surface area (Å²) in [5.74, 6) is 0.851. The van der Waals surface area contributed by atoms with Crippen LogP contribution in [-0.4, -0.2) is 93.8 Å². The highest BCUT2D eigenvalue weighted by molar-refractivity contribution is 6.30. The highest BCUT2D eigenvalue weighted by Gasteiger charge is 2.22. The zero-order valence-electron chi connectivity index (χ0n) is 24.3. The fourth-order valence-electron chi connectivity index (χ4n) is 4.81. The Bertz CT molecular complexity index is 1090. The topological polar surface area (TPSA) is 151 Å². The van der Waals surface area contributed by atoms with Crippen molar-refractivity contribution in [1.29, 1.82) is 0 Å². The van der Waals surface area contributed by atoms with Crippen LogP contribution >= 0.6 is 11.6 Å². The normalized spacial score (nSPS) is 18.1. The molecule has 0 saturated carbocycles. The van der Waals surface area contributed by atoms with Gasteiger partial charge >= 0.3 is 6.09 Å². The summed E-state index contributed by atoms with van der Waals surface area (Å²) in [6, 6.07) is 12.6. The number of methoxy groups -OCH3 is 1. The van der Waals surface area contributed by atoms with Crippen LogP contribution in [0.25, 0.3) is 0 Å². The quantitative estimate of drug-likeness (QED) is 0.117. The molecule has 0 spiro atoms. The van der Waals surface area contributed by atoms with Crippen molar-refractivity contribution < 1.29 is 39.1 Å². The number of amides is 1. The molecule has 5 atom stereocenters. The predicted molar refractivity (Wildman–Crippen MR) is 159 cm³/mol. The van der Waals surface area contributed by atoms with Crippen LogP contribution in [0.15, 0.2) is 42.5 Å². The molecular weight excluding hydrogens is 566 g/mol. The third-order valence-electron chi connectivity index (χ3n) is 7.05. The van der Waals surface area contributed by atoms with E-state index < -0.39 is 31.1 Å². The van der Waals surface area contributed by atoms with Crippen molar-refractivity contribution in [2.75, 3.05) is 60.3 Å². The van der Waals surface area contributed by atoms with Crippen LogP contribution < -0.4 is 20.7 Å². The van der Waals surface area contributed by atoms with Gasteiger partial charge in [0, 0.05) is 37.4 Å². The number of halogens is 1. The maximum atomic E-state index is 11.5. The van der Waals surface area contributed by atoms with E-state index in [9.17, 15) is 20.1 Å². The number of hydrogen-bond acceptors (Lipinski definition) is 10. The van der Waals surface area contributed by atoms with Gasteiger partial charge in [0.05, 0.1) is 20.3 Å². The average molecular weight is 610 g/mol. The number of likely N-dealkylation sites (N-methyl/N-ethyl adjacent to an activating group) is 1. The van der Waals surface area contributed by atoms with E-state index in [-0.39, 0.29) is 25.8 Å². The summed E-state index contributed by atoms with van der Waals surface area (Å²) in [4.78, 5) is 11.5. The molecule has 0 aliphatic carbocycles. The summed E-state index contributed by atoms with van der Waals surface area (Å²) in [6.07, 6.45) is -0.178. The number of aliphatic hydroxyl groups is 3. The number of alkyl carbamates (subject to hydrolysis) is 1. The molecule has 234 valence electrons. The number of ether oxygens (including phenoxy) is 4. The minimum absolute atomic E-state index is 0.134. The Hall–Kier alpha value is -2.48. The molecule has 42 heavy (non-hydrogen) atoms. The molecular formula is C30H44ClN3O8. The van der Waals surface area contributed by atoms with E-state index in [1.807, 2.05) is 25.2 Å². The molecule has 3 rings (SSSR count). The van der Waals surface area contributed by atoms with Crippen LogP contribution in [0.3, 0.4) is 0 Å². The number of benzene rings is 2. The first-order chi connectivity index (χ1) is 20.3. The van der Waals surface area contributed by atoms with Crippen molar-refractivity contribution >= 4 is 17.7 Å². The number of aliphatic hydroxyl groups excluding tert-OH is 3. The molecule has 6 N–H and O–H groups in total. The SMILES string of the molecule is CNC(CNC(O)c1cc(OC[C@H](O)CO)cc(C(OCCNC(=O)OC)c2cccc(Cl)c2)c1)C[C@H]1CCCOC1. The molecule has 0 radical (unpaired) electrons. The van der Waals surface area contributed by atoms with Crippen LogP contribution in [0.2, 0.25) is 5.02 Å². The Morgan fingerprint density at radius 1 is 1.17 bits per heavy atom. The smallest absolute Gasteiger partial charge is 0.406 e. The van der Waals surface area contributed by atoms with E-state index in [4.69, 9.17) is 25.8 Å². The summed E-state index contributed by atoms with van der Waals surface area (Å²) in [6.45, 7) is 1.86. The van der Waals surface area contributed by atoms with Crippen molar-refractivity contribution in [1.82, 2.24) is 16.0 Å². The minimum Gasteiger partial charge on any atom is -0.491 e. The number of hydrogen-bond donors (Lipinski definition) is 6. The zero-order chi connectivity index (χ0) is 30.3. The molecule has 2 aromatic carbocycles. The Balaban J connectivity index is 1.83. The van der Waals surface area contributed by atoms with E-state index in [1.165, 1.54) is 7.11 Å². The molecule has 1 fully saturated rings. The maximum Gasteiger partial charge on any atom is 0.406 e. The number of nitrogens with one attached hydrogen (secondary N) is 3. The van der Waals surface area contributed by atoms with Crippen LogP contribution in [0.1, 0.15) is 48.3 Å². The van der Waals surface area contributed by atoms with Crippen molar-refractivity contribution in [2.24, 2.45) is 5.92 Å². The van der Waals surface area contributed by atoms with Gasteiger partial charge in [0.15, 0.2) is 0 Å². The summed E-state index contributed by atoms with van der Waals surface area (Å²) in [7, 11) is 3.19. The number of carbonyl (C=O) groups is 1. The number of rotatable bonds is 17. The molecule has 1 amide bonds. The van der Waals surface area contributed by atoms with Crippen LogP contribution in [0.4, 0.5) is 4.79 Å². The van der Waals surface area contributed by atoms with Gasteiger partial charge in [-0.25, -0.2) is 4.79 Å². The minimum atomic E-state index is -1.07. The predicted octanol–water partition coefficient (Wildman–Crippen LogP) is 2.52. The molecule has 1 saturated heterocycles. The molecule has 1 aliphatic rings. The fraction of sp³-hybridized carbons (Fsp3) is 0.567. The van der Waals surface area contributed by atoms with E-state index in [1.54, 1.807) is 24.3 Å². The highest BCUT2D eigenvalue weighted by atomic mass is 35.5. The lowest BCUT2D eigenvalue weighted by molar-refractivity contribution is 0.0466. The van der Waals surface area contributed by atoms with Gasteiger partial charge in [-0.3, -0.25) is 5.32 Å². The van der Waals surface area contributed by atoms with Crippen molar-refractivity contribution in [3.8, 4) is 5.75 Å². The lowest BCUT2D eigenvalue weighted by Crippen LogP contribution is -2.40. The molecule has 1 heterocycles. The Kier molecular flexibility index (Phi) is 14.8. The fourth-order valence-corrected chi connectivity index (χ4v) is 5.01. The third kappa shape index (κ3) is 11.3. The monoisotopic (exact) mass is 609 g/mol. The average Bonchev–Trinajstić information content (AvgIpc) is 3.01. The van der Waals surface area contributed by atoms with Gasteiger partial charge in [-0.1, -0.05) is 23.7 Å².